The van der Waals surface area contributed by atoms with Crippen LogP contribution in [0.4, 0.5) is 0 Å². The maximum absolute atomic E-state index is 12.3. The van der Waals surface area contributed by atoms with E-state index >= 15 is 0 Å². The first-order valence-corrected chi connectivity index (χ1v) is 8.36. The van der Waals surface area contributed by atoms with Gasteiger partial charge in [0.05, 0.1) is 12.4 Å². The highest BCUT2D eigenvalue weighted by Gasteiger charge is 2.34. The fraction of sp³-hybridized carbons (Fsp3) is 0.294. The van der Waals surface area contributed by atoms with Gasteiger partial charge in [-0.25, -0.2) is 0 Å². The lowest BCUT2D eigenvalue weighted by Gasteiger charge is -2.25. The Morgan fingerprint density at radius 2 is 2.05 bits per heavy atom. The summed E-state index contributed by atoms with van der Waals surface area (Å²) >= 11 is 1.65. The number of nitrogens with zero attached hydrogens (tertiary/aromatic N) is 2. The SMILES string of the molecule is CCOc1ccccc1C1SCC(=O)N1Cc1ccncc1. The minimum absolute atomic E-state index is 0.00316. The first-order chi connectivity index (χ1) is 10.8. The highest BCUT2D eigenvalue weighted by atomic mass is 32.2. The number of benzene rings is 1. The fourth-order valence-electron chi connectivity index (χ4n) is 2.54. The van der Waals surface area contributed by atoms with Gasteiger partial charge in [-0.05, 0) is 30.7 Å². The molecule has 1 amide bonds. The van der Waals surface area contributed by atoms with Gasteiger partial charge in [0.15, 0.2) is 0 Å². The Labute approximate surface area is 134 Å². The number of ether oxygens (including phenoxy) is 1. The molecule has 2 heterocycles. The number of pyridine rings is 1. The van der Waals surface area contributed by atoms with Crippen LogP contribution in [0, 0.1) is 0 Å². The summed E-state index contributed by atoms with van der Waals surface area (Å²) in [5.41, 5.74) is 2.15. The number of carbonyl (C=O) groups excluding carboxylic acids is 1. The van der Waals surface area contributed by atoms with E-state index in [1.807, 2.05) is 48.2 Å². The molecule has 0 saturated carbocycles. The molecule has 1 saturated heterocycles. The van der Waals surface area contributed by atoms with E-state index < -0.39 is 0 Å². The third kappa shape index (κ3) is 3.09. The molecule has 5 heteroatoms. The van der Waals surface area contributed by atoms with Gasteiger partial charge < -0.3 is 9.64 Å². The van der Waals surface area contributed by atoms with Gasteiger partial charge in [-0.2, -0.15) is 0 Å². The monoisotopic (exact) mass is 314 g/mol. The third-order valence-corrected chi connectivity index (χ3v) is 4.79. The van der Waals surface area contributed by atoms with Crippen molar-refractivity contribution in [3.05, 3.63) is 59.9 Å². The zero-order chi connectivity index (χ0) is 15.4. The smallest absolute Gasteiger partial charge is 0.234 e. The first-order valence-electron chi connectivity index (χ1n) is 7.31. The van der Waals surface area contributed by atoms with E-state index in [1.165, 1.54) is 0 Å². The van der Waals surface area contributed by atoms with E-state index in [4.69, 9.17) is 4.74 Å². The highest BCUT2D eigenvalue weighted by Crippen LogP contribution is 2.43. The molecular formula is C17H18N2O2S. The van der Waals surface area contributed by atoms with Crippen LogP contribution in [0.15, 0.2) is 48.8 Å². The van der Waals surface area contributed by atoms with Crippen LogP contribution in [0.3, 0.4) is 0 Å². The molecule has 1 aliphatic rings. The Hall–Kier alpha value is -2.01. The molecule has 0 spiro atoms. The second-order valence-electron chi connectivity index (χ2n) is 5.01. The van der Waals surface area contributed by atoms with Gasteiger partial charge in [-0.3, -0.25) is 9.78 Å². The zero-order valence-electron chi connectivity index (χ0n) is 12.4. The number of hydrogen-bond donors (Lipinski definition) is 0. The summed E-state index contributed by atoms with van der Waals surface area (Å²) in [5, 5.41) is 0.00316. The Kier molecular flexibility index (Phi) is 4.63. The maximum atomic E-state index is 12.3. The lowest BCUT2D eigenvalue weighted by atomic mass is 10.1. The van der Waals surface area contributed by atoms with Gasteiger partial charge in [-0.1, -0.05) is 18.2 Å². The summed E-state index contributed by atoms with van der Waals surface area (Å²) in [5.74, 6) is 1.53. The van der Waals surface area contributed by atoms with Crippen molar-refractivity contribution in [1.82, 2.24) is 9.88 Å². The van der Waals surface area contributed by atoms with Crippen LogP contribution in [0.1, 0.15) is 23.4 Å². The van der Waals surface area contributed by atoms with E-state index in [9.17, 15) is 4.79 Å². The van der Waals surface area contributed by atoms with Crippen LogP contribution >= 0.6 is 11.8 Å². The van der Waals surface area contributed by atoms with Crippen LogP contribution in [0.25, 0.3) is 0 Å². The molecule has 0 aliphatic carbocycles. The van der Waals surface area contributed by atoms with Crippen molar-refractivity contribution in [2.45, 2.75) is 18.8 Å². The summed E-state index contributed by atoms with van der Waals surface area (Å²) in [7, 11) is 0. The summed E-state index contributed by atoms with van der Waals surface area (Å²) in [4.78, 5) is 18.2. The van der Waals surface area contributed by atoms with E-state index in [2.05, 4.69) is 4.98 Å². The molecule has 4 nitrogen and oxygen atoms in total. The van der Waals surface area contributed by atoms with E-state index in [1.54, 1.807) is 24.2 Å². The Balaban J connectivity index is 1.87. The van der Waals surface area contributed by atoms with E-state index in [0.29, 0.717) is 18.9 Å². The number of aromatic nitrogens is 1. The molecule has 1 fully saturated rings. The summed E-state index contributed by atoms with van der Waals surface area (Å²) < 4.78 is 5.72. The van der Waals surface area contributed by atoms with Gasteiger partial charge >= 0.3 is 0 Å². The second-order valence-corrected chi connectivity index (χ2v) is 6.08. The average Bonchev–Trinajstić information content (AvgIpc) is 2.90. The van der Waals surface area contributed by atoms with Gasteiger partial charge in [-0.15, -0.1) is 11.8 Å². The predicted molar refractivity (Wildman–Crippen MR) is 87.6 cm³/mol. The van der Waals surface area contributed by atoms with Gasteiger partial charge in [0.2, 0.25) is 5.91 Å². The normalized spacial score (nSPS) is 17.8. The van der Waals surface area contributed by atoms with Crippen molar-refractivity contribution in [2.75, 3.05) is 12.4 Å². The molecule has 2 aromatic rings. The molecule has 1 aliphatic heterocycles. The molecule has 1 aromatic carbocycles. The standard InChI is InChI=1S/C17H18N2O2S/c1-2-21-15-6-4-3-5-14(15)17-19(16(20)12-22-17)11-13-7-9-18-10-8-13/h3-10,17H,2,11-12H2,1H3. The van der Waals surface area contributed by atoms with Gasteiger partial charge in [0.1, 0.15) is 11.1 Å². The Morgan fingerprint density at radius 1 is 1.27 bits per heavy atom. The first kappa shape index (κ1) is 14.9. The predicted octanol–water partition coefficient (Wildman–Crippen LogP) is 3.25. The number of para-hydroxylation sites is 1. The number of amides is 1. The van der Waals surface area contributed by atoms with Gasteiger partial charge in [0.25, 0.3) is 0 Å². The molecule has 1 atom stereocenters. The summed E-state index contributed by atoms with van der Waals surface area (Å²) in [6.45, 7) is 3.19. The topological polar surface area (TPSA) is 42.4 Å². The van der Waals surface area contributed by atoms with Crippen molar-refractivity contribution < 1.29 is 9.53 Å². The number of thioether (sulfide) groups is 1. The van der Waals surface area contributed by atoms with Crippen LogP contribution in [-0.4, -0.2) is 28.2 Å². The fourth-order valence-corrected chi connectivity index (χ4v) is 3.75. The van der Waals surface area contributed by atoms with Crippen LogP contribution in [-0.2, 0) is 11.3 Å². The molecule has 0 radical (unpaired) electrons. The van der Waals surface area contributed by atoms with Crippen molar-refractivity contribution in [2.24, 2.45) is 0 Å². The average molecular weight is 314 g/mol. The summed E-state index contributed by atoms with van der Waals surface area (Å²) in [6.07, 6.45) is 3.51. The van der Waals surface area contributed by atoms with Crippen molar-refractivity contribution in [3.63, 3.8) is 0 Å². The Bertz CT molecular complexity index is 648. The minimum atomic E-state index is 0.00316. The maximum Gasteiger partial charge on any atom is 0.234 e. The highest BCUT2D eigenvalue weighted by molar-refractivity contribution is 8.00. The minimum Gasteiger partial charge on any atom is -0.493 e. The van der Waals surface area contributed by atoms with E-state index in [0.717, 1.165) is 16.9 Å². The molecule has 0 bridgehead atoms. The number of rotatable bonds is 5. The lowest BCUT2D eigenvalue weighted by Crippen LogP contribution is -2.27. The zero-order valence-corrected chi connectivity index (χ0v) is 13.3. The molecule has 3 rings (SSSR count). The Morgan fingerprint density at radius 3 is 2.82 bits per heavy atom. The molecular weight excluding hydrogens is 296 g/mol. The molecule has 1 unspecified atom stereocenters. The van der Waals surface area contributed by atoms with Crippen molar-refractivity contribution in [1.29, 1.82) is 0 Å². The van der Waals surface area contributed by atoms with Crippen LogP contribution < -0.4 is 4.74 Å². The lowest BCUT2D eigenvalue weighted by molar-refractivity contribution is -0.128. The summed E-state index contributed by atoms with van der Waals surface area (Å²) in [6, 6.07) is 11.9. The van der Waals surface area contributed by atoms with E-state index in [-0.39, 0.29) is 11.3 Å². The van der Waals surface area contributed by atoms with Crippen molar-refractivity contribution >= 4 is 17.7 Å². The largest absolute Gasteiger partial charge is 0.493 e. The number of carbonyl (C=O) groups is 1. The third-order valence-electron chi connectivity index (χ3n) is 3.56. The molecule has 114 valence electrons. The molecule has 22 heavy (non-hydrogen) atoms. The number of hydrogen-bond acceptors (Lipinski definition) is 4. The van der Waals surface area contributed by atoms with Crippen LogP contribution in [0.5, 0.6) is 5.75 Å². The van der Waals surface area contributed by atoms with Crippen molar-refractivity contribution in [3.8, 4) is 5.75 Å². The quantitative estimate of drug-likeness (QED) is 0.849. The molecule has 0 N–H and O–H groups in total. The molecule has 1 aromatic heterocycles. The second kappa shape index (κ2) is 6.83. The van der Waals surface area contributed by atoms with Gasteiger partial charge in [0, 0.05) is 24.5 Å². The van der Waals surface area contributed by atoms with Crippen LogP contribution in [0.2, 0.25) is 0 Å².